The van der Waals surface area contributed by atoms with Gasteiger partial charge < -0.3 is 5.32 Å². The van der Waals surface area contributed by atoms with Gasteiger partial charge in [0.05, 0.1) is 5.75 Å². The second-order valence-corrected chi connectivity index (χ2v) is 7.94. The van der Waals surface area contributed by atoms with Gasteiger partial charge in [0.15, 0.2) is 0 Å². The second-order valence-electron chi connectivity index (χ2n) is 5.93. The molecule has 0 radical (unpaired) electrons. The monoisotopic (exact) mass is 274 g/mol. The molecule has 2 heterocycles. The van der Waals surface area contributed by atoms with Gasteiger partial charge in [-0.15, -0.1) is 0 Å². The number of hydrogen-bond acceptors (Lipinski definition) is 3. The van der Waals surface area contributed by atoms with Crippen LogP contribution in [0.25, 0.3) is 0 Å². The summed E-state index contributed by atoms with van der Waals surface area (Å²) in [6, 6.07) is 0. The summed E-state index contributed by atoms with van der Waals surface area (Å²) < 4.78 is 26.6. The van der Waals surface area contributed by atoms with E-state index in [0.29, 0.717) is 17.6 Å². The molecule has 0 saturated carbocycles. The molecule has 2 unspecified atom stereocenters. The first kappa shape index (κ1) is 14.3. The third kappa shape index (κ3) is 3.93. The smallest absolute Gasteiger partial charge is 0.214 e. The van der Waals surface area contributed by atoms with Crippen molar-refractivity contribution in [2.75, 3.05) is 31.9 Å². The minimum absolute atomic E-state index is 0.310. The molecule has 4 nitrogen and oxygen atoms in total. The lowest BCUT2D eigenvalue weighted by molar-refractivity contribution is 0.379. The van der Waals surface area contributed by atoms with Gasteiger partial charge in [0.2, 0.25) is 10.0 Å². The van der Waals surface area contributed by atoms with Crippen LogP contribution < -0.4 is 5.32 Å². The molecule has 0 aromatic rings. The first-order valence-corrected chi connectivity index (χ1v) is 8.87. The molecule has 0 aromatic carbocycles. The molecule has 2 saturated heterocycles. The first-order chi connectivity index (χ1) is 8.58. The Morgan fingerprint density at radius 2 is 2.00 bits per heavy atom. The van der Waals surface area contributed by atoms with E-state index in [4.69, 9.17) is 0 Å². The van der Waals surface area contributed by atoms with E-state index in [9.17, 15) is 8.42 Å². The average molecular weight is 274 g/mol. The summed E-state index contributed by atoms with van der Waals surface area (Å²) in [5.41, 5.74) is 0. The van der Waals surface area contributed by atoms with Crippen LogP contribution in [0.3, 0.4) is 0 Å². The van der Waals surface area contributed by atoms with Crippen LogP contribution in [0.4, 0.5) is 0 Å². The van der Waals surface area contributed by atoms with Crippen molar-refractivity contribution in [1.82, 2.24) is 9.62 Å². The molecular weight excluding hydrogens is 248 g/mol. The van der Waals surface area contributed by atoms with Crippen LogP contribution >= 0.6 is 0 Å². The topological polar surface area (TPSA) is 49.4 Å². The lowest BCUT2D eigenvalue weighted by Crippen LogP contribution is -2.40. The molecule has 0 aromatic heterocycles. The van der Waals surface area contributed by atoms with Gasteiger partial charge in [0.1, 0.15) is 0 Å². The maximum Gasteiger partial charge on any atom is 0.214 e. The zero-order valence-electron chi connectivity index (χ0n) is 11.4. The molecule has 1 N–H and O–H groups in total. The number of piperidine rings is 1. The van der Waals surface area contributed by atoms with E-state index in [1.807, 2.05) is 0 Å². The molecular formula is C13H26N2O2S. The Balaban J connectivity index is 1.92. The Bertz CT molecular complexity index is 350. The maximum absolute atomic E-state index is 12.4. The fraction of sp³-hybridized carbons (Fsp3) is 1.00. The molecule has 106 valence electrons. The van der Waals surface area contributed by atoms with Crippen LogP contribution in [0.5, 0.6) is 0 Å². The lowest BCUT2D eigenvalue weighted by atomic mass is 10.0. The summed E-state index contributed by atoms with van der Waals surface area (Å²) in [5, 5.41) is 3.30. The van der Waals surface area contributed by atoms with E-state index < -0.39 is 10.0 Å². The Labute approximate surface area is 111 Å². The highest BCUT2D eigenvalue weighted by molar-refractivity contribution is 7.89. The molecule has 0 aliphatic carbocycles. The van der Waals surface area contributed by atoms with Crippen molar-refractivity contribution >= 4 is 10.0 Å². The highest BCUT2D eigenvalue weighted by Gasteiger charge is 2.28. The zero-order chi connectivity index (χ0) is 13.0. The molecule has 18 heavy (non-hydrogen) atoms. The van der Waals surface area contributed by atoms with Gasteiger partial charge >= 0.3 is 0 Å². The van der Waals surface area contributed by atoms with Crippen molar-refractivity contribution in [3.8, 4) is 0 Å². The third-order valence-electron chi connectivity index (χ3n) is 4.21. The molecule has 2 rings (SSSR count). The molecule has 0 spiro atoms. The van der Waals surface area contributed by atoms with Gasteiger partial charge in [0.25, 0.3) is 0 Å². The molecule has 5 heteroatoms. The van der Waals surface area contributed by atoms with Gasteiger partial charge in [-0.25, -0.2) is 12.7 Å². The summed E-state index contributed by atoms with van der Waals surface area (Å²) in [6.45, 7) is 5.58. The van der Waals surface area contributed by atoms with Gasteiger partial charge in [-0.1, -0.05) is 6.92 Å². The van der Waals surface area contributed by atoms with Gasteiger partial charge in [-0.05, 0) is 57.0 Å². The van der Waals surface area contributed by atoms with Crippen LogP contribution in [0.15, 0.2) is 0 Å². The van der Waals surface area contributed by atoms with Gasteiger partial charge in [0, 0.05) is 13.1 Å². The van der Waals surface area contributed by atoms with Crippen molar-refractivity contribution in [2.45, 2.75) is 39.0 Å². The first-order valence-electron chi connectivity index (χ1n) is 7.26. The Kier molecular flexibility index (Phi) is 5.04. The number of sulfonamides is 1. The van der Waals surface area contributed by atoms with Crippen molar-refractivity contribution in [3.05, 3.63) is 0 Å². The summed E-state index contributed by atoms with van der Waals surface area (Å²) in [5.74, 6) is 1.32. The van der Waals surface area contributed by atoms with E-state index in [2.05, 4.69) is 12.2 Å². The standard InChI is InChI=1S/C13H26N2O2S/c1-12-4-3-8-15(9-6-12)18(16,17)11-13-5-2-7-14-10-13/h12-14H,2-11H2,1H3. The minimum atomic E-state index is -3.04. The van der Waals surface area contributed by atoms with E-state index in [1.165, 1.54) is 0 Å². The lowest BCUT2D eigenvalue weighted by Gasteiger charge is -2.26. The second kappa shape index (κ2) is 6.35. The summed E-state index contributed by atoms with van der Waals surface area (Å²) in [6.07, 6.45) is 5.36. The summed E-state index contributed by atoms with van der Waals surface area (Å²) in [7, 11) is -3.04. The van der Waals surface area contributed by atoms with Crippen LogP contribution in [0.1, 0.15) is 39.0 Å². The predicted molar refractivity (Wildman–Crippen MR) is 74.0 cm³/mol. The predicted octanol–water partition coefficient (Wildman–Crippen LogP) is 1.44. The quantitative estimate of drug-likeness (QED) is 0.847. The minimum Gasteiger partial charge on any atom is -0.316 e. The molecule has 0 amide bonds. The molecule has 2 aliphatic rings. The Morgan fingerprint density at radius 1 is 1.17 bits per heavy atom. The fourth-order valence-electron chi connectivity index (χ4n) is 2.98. The molecule has 2 atom stereocenters. The molecule has 0 bridgehead atoms. The van der Waals surface area contributed by atoms with Gasteiger partial charge in [-0.2, -0.15) is 0 Å². The SMILES string of the molecule is CC1CCCN(S(=O)(=O)CC2CCCNC2)CC1. The number of rotatable bonds is 3. The Morgan fingerprint density at radius 3 is 2.72 bits per heavy atom. The van der Waals surface area contributed by atoms with Crippen LogP contribution in [-0.4, -0.2) is 44.7 Å². The van der Waals surface area contributed by atoms with Crippen LogP contribution in [0.2, 0.25) is 0 Å². The molecule has 2 fully saturated rings. The van der Waals surface area contributed by atoms with Crippen LogP contribution in [0, 0.1) is 11.8 Å². The summed E-state index contributed by atoms with van der Waals surface area (Å²) in [4.78, 5) is 0. The molecule has 2 aliphatic heterocycles. The number of nitrogens with zero attached hydrogens (tertiary/aromatic N) is 1. The van der Waals surface area contributed by atoms with E-state index in [0.717, 1.165) is 58.3 Å². The highest BCUT2D eigenvalue weighted by atomic mass is 32.2. The average Bonchev–Trinajstić information content (AvgIpc) is 2.55. The van der Waals surface area contributed by atoms with Gasteiger partial charge in [-0.3, -0.25) is 0 Å². The Hall–Kier alpha value is -0.130. The largest absolute Gasteiger partial charge is 0.316 e. The van der Waals surface area contributed by atoms with Crippen LogP contribution in [-0.2, 0) is 10.0 Å². The third-order valence-corrected chi connectivity index (χ3v) is 6.26. The zero-order valence-corrected chi connectivity index (χ0v) is 12.2. The number of hydrogen-bond donors (Lipinski definition) is 1. The fourth-order valence-corrected chi connectivity index (χ4v) is 4.87. The van der Waals surface area contributed by atoms with Crippen molar-refractivity contribution in [3.63, 3.8) is 0 Å². The van der Waals surface area contributed by atoms with Crippen molar-refractivity contribution in [1.29, 1.82) is 0 Å². The number of nitrogens with one attached hydrogen (secondary N) is 1. The van der Waals surface area contributed by atoms with Crippen molar-refractivity contribution in [2.24, 2.45) is 11.8 Å². The normalized spacial score (nSPS) is 32.1. The van der Waals surface area contributed by atoms with E-state index >= 15 is 0 Å². The van der Waals surface area contributed by atoms with E-state index in [-0.39, 0.29) is 0 Å². The maximum atomic E-state index is 12.4. The van der Waals surface area contributed by atoms with E-state index in [1.54, 1.807) is 4.31 Å². The van der Waals surface area contributed by atoms with Crippen molar-refractivity contribution < 1.29 is 8.42 Å². The summed E-state index contributed by atoms with van der Waals surface area (Å²) >= 11 is 0. The highest BCUT2D eigenvalue weighted by Crippen LogP contribution is 2.21.